The Kier molecular flexibility index (Phi) is 6.54. The van der Waals surface area contributed by atoms with E-state index in [1.807, 2.05) is 0 Å². The molecule has 1 aromatic rings. The summed E-state index contributed by atoms with van der Waals surface area (Å²) in [5, 5.41) is 10.4. The van der Waals surface area contributed by atoms with Crippen LogP contribution in [0.25, 0.3) is 0 Å². The SMILES string of the molecule is Cl.N[C@H](c1ccc(Cl)c(F)c1)[C@@H](O)C1CCCCC1. The second-order valence-electron chi connectivity index (χ2n) is 5.09. The van der Waals surface area contributed by atoms with Crippen molar-refractivity contribution in [1.82, 2.24) is 0 Å². The summed E-state index contributed by atoms with van der Waals surface area (Å²) in [7, 11) is 0. The fourth-order valence-corrected chi connectivity index (χ4v) is 2.80. The van der Waals surface area contributed by atoms with E-state index >= 15 is 0 Å². The molecule has 0 spiro atoms. The summed E-state index contributed by atoms with van der Waals surface area (Å²) in [5.41, 5.74) is 6.64. The third kappa shape index (κ3) is 4.06. The highest BCUT2D eigenvalue weighted by molar-refractivity contribution is 6.30. The first-order valence-electron chi connectivity index (χ1n) is 6.48. The molecule has 1 aromatic carbocycles. The van der Waals surface area contributed by atoms with Crippen molar-refractivity contribution in [3.8, 4) is 0 Å². The van der Waals surface area contributed by atoms with Gasteiger partial charge in [-0.25, -0.2) is 4.39 Å². The van der Waals surface area contributed by atoms with Gasteiger partial charge in [-0.2, -0.15) is 0 Å². The van der Waals surface area contributed by atoms with Crippen LogP contribution in [0.5, 0.6) is 0 Å². The summed E-state index contributed by atoms with van der Waals surface area (Å²) < 4.78 is 13.4. The van der Waals surface area contributed by atoms with E-state index in [9.17, 15) is 9.50 Å². The average Bonchev–Trinajstić information content (AvgIpc) is 2.41. The van der Waals surface area contributed by atoms with Crippen molar-refractivity contribution in [2.24, 2.45) is 11.7 Å². The minimum absolute atomic E-state index is 0. The van der Waals surface area contributed by atoms with Gasteiger partial charge in [0.05, 0.1) is 17.2 Å². The molecule has 108 valence electrons. The molecule has 1 aliphatic carbocycles. The number of aliphatic hydroxyl groups excluding tert-OH is 1. The van der Waals surface area contributed by atoms with E-state index in [-0.39, 0.29) is 23.3 Å². The van der Waals surface area contributed by atoms with E-state index < -0.39 is 18.0 Å². The van der Waals surface area contributed by atoms with Gasteiger partial charge in [-0.1, -0.05) is 36.9 Å². The molecule has 19 heavy (non-hydrogen) atoms. The molecule has 0 heterocycles. The number of benzene rings is 1. The zero-order valence-corrected chi connectivity index (χ0v) is 12.3. The monoisotopic (exact) mass is 307 g/mol. The second kappa shape index (κ2) is 7.44. The Morgan fingerprint density at radius 3 is 2.47 bits per heavy atom. The summed E-state index contributed by atoms with van der Waals surface area (Å²) >= 11 is 5.64. The summed E-state index contributed by atoms with van der Waals surface area (Å²) in [6.07, 6.45) is 4.92. The number of hydrogen-bond acceptors (Lipinski definition) is 2. The molecule has 0 radical (unpaired) electrons. The normalized spacial score (nSPS) is 19.6. The van der Waals surface area contributed by atoms with Crippen LogP contribution in [0.3, 0.4) is 0 Å². The van der Waals surface area contributed by atoms with Crippen molar-refractivity contribution in [3.05, 3.63) is 34.6 Å². The van der Waals surface area contributed by atoms with Crippen molar-refractivity contribution >= 4 is 24.0 Å². The Hall–Kier alpha value is -0.350. The molecule has 1 fully saturated rings. The Labute approximate surface area is 124 Å². The Morgan fingerprint density at radius 1 is 1.26 bits per heavy atom. The van der Waals surface area contributed by atoms with Gasteiger partial charge >= 0.3 is 0 Å². The molecule has 1 saturated carbocycles. The molecular weight excluding hydrogens is 288 g/mol. The number of rotatable bonds is 3. The number of hydrogen-bond donors (Lipinski definition) is 2. The van der Waals surface area contributed by atoms with Crippen LogP contribution in [0.1, 0.15) is 43.7 Å². The van der Waals surface area contributed by atoms with Crippen molar-refractivity contribution in [1.29, 1.82) is 0 Å². The maximum Gasteiger partial charge on any atom is 0.142 e. The van der Waals surface area contributed by atoms with Crippen LogP contribution >= 0.6 is 24.0 Å². The van der Waals surface area contributed by atoms with Gasteiger partial charge in [0.2, 0.25) is 0 Å². The molecular formula is C14H20Cl2FNO. The quantitative estimate of drug-likeness (QED) is 0.891. The van der Waals surface area contributed by atoms with Gasteiger partial charge in [-0.3, -0.25) is 0 Å². The molecule has 2 nitrogen and oxygen atoms in total. The van der Waals surface area contributed by atoms with Crippen molar-refractivity contribution in [2.75, 3.05) is 0 Å². The lowest BCUT2D eigenvalue weighted by atomic mass is 9.81. The van der Waals surface area contributed by atoms with Crippen LogP contribution in [-0.2, 0) is 0 Å². The van der Waals surface area contributed by atoms with E-state index in [0.29, 0.717) is 5.56 Å². The highest BCUT2D eigenvalue weighted by Crippen LogP contribution is 2.32. The maximum atomic E-state index is 13.4. The van der Waals surface area contributed by atoms with E-state index in [1.54, 1.807) is 6.07 Å². The van der Waals surface area contributed by atoms with Crippen molar-refractivity contribution in [2.45, 2.75) is 44.2 Å². The molecule has 2 atom stereocenters. The largest absolute Gasteiger partial charge is 0.391 e. The van der Waals surface area contributed by atoms with Crippen LogP contribution in [0, 0.1) is 11.7 Å². The molecule has 0 saturated heterocycles. The topological polar surface area (TPSA) is 46.2 Å². The van der Waals surface area contributed by atoms with E-state index in [4.69, 9.17) is 17.3 Å². The van der Waals surface area contributed by atoms with E-state index in [2.05, 4.69) is 0 Å². The van der Waals surface area contributed by atoms with Gasteiger partial charge in [-0.05, 0) is 36.5 Å². The van der Waals surface area contributed by atoms with E-state index in [0.717, 1.165) is 25.7 Å². The molecule has 0 amide bonds. The van der Waals surface area contributed by atoms with Crippen LogP contribution in [0.4, 0.5) is 4.39 Å². The number of nitrogens with two attached hydrogens (primary N) is 1. The summed E-state index contributed by atoms with van der Waals surface area (Å²) in [5.74, 6) is -0.257. The van der Waals surface area contributed by atoms with Crippen molar-refractivity contribution < 1.29 is 9.50 Å². The van der Waals surface area contributed by atoms with Crippen LogP contribution in [0.2, 0.25) is 5.02 Å². The fourth-order valence-electron chi connectivity index (χ4n) is 2.69. The predicted octanol–water partition coefficient (Wildman–Crippen LogP) is 3.84. The molecule has 0 unspecified atom stereocenters. The molecule has 0 aliphatic heterocycles. The highest BCUT2D eigenvalue weighted by atomic mass is 35.5. The fraction of sp³-hybridized carbons (Fsp3) is 0.571. The molecule has 1 aliphatic rings. The molecule has 5 heteroatoms. The Morgan fingerprint density at radius 2 is 1.89 bits per heavy atom. The summed E-state index contributed by atoms with van der Waals surface area (Å²) in [6, 6.07) is 3.95. The van der Waals surface area contributed by atoms with Gasteiger partial charge in [0.25, 0.3) is 0 Å². The minimum atomic E-state index is -0.606. The first-order valence-corrected chi connectivity index (χ1v) is 6.86. The van der Waals surface area contributed by atoms with E-state index in [1.165, 1.54) is 18.6 Å². The highest BCUT2D eigenvalue weighted by Gasteiger charge is 2.27. The first-order chi connectivity index (χ1) is 8.59. The Balaban J connectivity index is 0.00000180. The third-order valence-electron chi connectivity index (χ3n) is 3.83. The lowest BCUT2D eigenvalue weighted by molar-refractivity contribution is 0.0617. The predicted molar refractivity (Wildman–Crippen MR) is 78.2 cm³/mol. The first kappa shape index (κ1) is 16.7. The summed E-state index contributed by atoms with van der Waals surface area (Å²) in [4.78, 5) is 0. The smallest absolute Gasteiger partial charge is 0.142 e. The van der Waals surface area contributed by atoms with Gasteiger partial charge in [-0.15, -0.1) is 12.4 Å². The number of halogens is 3. The van der Waals surface area contributed by atoms with Gasteiger partial charge < -0.3 is 10.8 Å². The standard InChI is InChI=1S/C14H19ClFNO.ClH/c15-11-7-6-10(8-12(11)16)13(17)14(18)9-4-2-1-3-5-9;/h6-9,13-14,18H,1-5,17H2;1H/t13-,14+;/m1./s1. The molecule has 0 aromatic heterocycles. The van der Waals surface area contributed by atoms with Crippen molar-refractivity contribution in [3.63, 3.8) is 0 Å². The molecule has 0 bridgehead atoms. The lowest BCUT2D eigenvalue weighted by Crippen LogP contribution is -2.34. The third-order valence-corrected chi connectivity index (χ3v) is 4.14. The second-order valence-corrected chi connectivity index (χ2v) is 5.50. The zero-order chi connectivity index (χ0) is 13.1. The average molecular weight is 308 g/mol. The zero-order valence-electron chi connectivity index (χ0n) is 10.7. The number of aliphatic hydroxyl groups is 1. The van der Waals surface area contributed by atoms with Crippen LogP contribution in [-0.4, -0.2) is 11.2 Å². The summed E-state index contributed by atoms with van der Waals surface area (Å²) in [6.45, 7) is 0. The maximum absolute atomic E-state index is 13.4. The van der Waals surface area contributed by atoms with Crippen LogP contribution in [0.15, 0.2) is 18.2 Å². The molecule has 2 rings (SSSR count). The van der Waals surface area contributed by atoms with Gasteiger partial charge in [0, 0.05) is 0 Å². The minimum Gasteiger partial charge on any atom is -0.391 e. The van der Waals surface area contributed by atoms with Crippen LogP contribution < -0.4 is 5.73 Å². The van der Waals surface area contributed by atoms with Gasteiger partial charge in [0.1, 0.15) is 5.82 Å². The van der Waals surface area contributed by atoms with Gasteiger partial charge in [0.15, 0.2) is 0 Å². The Bertz CT molecular complexity index is 410. The molecule has 3 N–H and O–H groups in total. The lowest BCUT2D eigenvalue weighted by Gasteiger charge is -2.30.